The average molecular weight is 344 g/mol. The van der Waals surface area contributed by atoms with Crippen LogP contribution in [0.5, 0.6) is 0 Å². The van der Waals surface area contributed by atoms with Gasteiger partial charge in [-0.25, -0.2) is 4.98 Å². The Morgan fingerprint density at radius 1 is 1.17 bits per heavy atom. The number of thiazole rings is 1. The van der Waals surface area contributed by atoms with Crippen LogP contribution in [0.4, 0.5) is 0 Å². The molecule has 0 spiro atoms. The van der Waals surface area contributed by atoms with Gasteiger partial charge < -0.3 is 5.32 Å². The highest BCUT2D eigenvalue weighted by Gasteiger charge is 2.15. The number of hydrogen-bond acceptors (Lipinski definition) is 6. The third kappa shape index (κ3) is 3.30. The van der Waals surface area contributed by atoms with Gasteiger partial charge in [0.2, 0.25) is 0 Å². The third-order valence-electron chi connectivity index (χ3n) is 3.54. The van der Waals surface area contributed by atoms with Crippen LogP contribution >= 0.6 is 22.9 Å². The Morgan fingerprint density at radius 3 is 2.65 bits per heavy atom. The molecule has 0 saturated heterocycles. The number of benzene rings is 1. The highest BCUT2D eigenvalue weighted by Crippen LogP contribution is 2.30. The zero-order chi connectivity index (χ0) is 16.4. The topological polar surface area (TPSA) is 67.8 Å². The van der Waals surface area contributed by atoms with Crippen LogP contribution in [0.15, 0.2) is 24.3 Å². The predicted octanol–water partition coefficient (Wildman–Crippen LogP) is 3.52. The standard InChI is InChI=1S/C16H16N4OS2/c1-9-6-4-5-7-12(9)16-18-10(2)13(22-16)8-17-15(21)14-11(3)19-20-23-14/h4-7H,8H2,1-3H3,(H,17,21). The molecule has 0 atom stereocenters. The van der Waals surface area contributed by atoms with Crippen molar-refractivity contribution in [2.75, 3.05) is 0 Å². The van der Waals surface area contributed by atoms with Crippen molar-refractivity contribution in [3.8, 4) is 10.6 Å². The number of amides is 1. The molecule has 2 heterocycles. The van der Waals surface area contributed by atoms with Gasteiger partial charge in [-0.3, -0.25) is 4.79 Å². The number of nitrogens with zero attached hydrogens (tertiary/aromatic N) is 3. The van der Waals surface area contributed by atoms with Crippen LogP contribution in [0.1, 0.15) is 31.5 Å². The summed E-state index contributed by atoms with van der Waals surface area (Å²) in [6.45, 7) is 6.30. The molecule has 7 heteroatoms. The van der Waals surface area contributed by atoms with E-state index in [0.29, 0.717) is 17.1 Å². The minimum Gasteiger partial charge on any atom is -0.346 e. The first-order chi connectivity index (χ1) is 11.1. The van der Waals surface area contributed by atoms with Gasteiger partial charge in [0.1, 0.15) is 9.88 Å². The molecule has 0 aliphatic carbocycles. The van der Waals surface area contributed by atoms with Gasteiger partial charge >= 0.3 is 0 Å². The van der Waals surface area contributed by atoms with Crippen LogP contribution in [0.3, 0.4) is 0 Å². The lowest BCUT2D eigenvalue weighted by Gasteiger charge is -2.02. The fraction of sp³-hybridized carbons (Fsp3) is 0.250. The van der Waals surface area contributed by atoms with Gasteiger partial charge in [0.25, 0.3) is 5.91 Å². The molecule has 0 unspecified atom stereocenters. The van der Waals surface area contributed by atoms with Crippen molar-refractivity contribution in [2.24, 2.45) is 0 Å². The molecule has 0 fully saturated rings. The Hall–Kier alpha value is -2.12. The summed E-state index contributed by atoms with van der Waals surface area (Å²) in [5.41, 5.74) is 3.95. The quantitative estimate of drug-likeness (QED) is 0.786. The average Bonchev–Trinajstić information content (AvgIpc) is 3.11. The first-order valence-electron chi connectivity index (χ1n) is 7.15. The van der Waals surface area contributed by atoms with E-state index < -0.39 is 0 Å². The van der Waals surface area contributed by atoms with Crippen molar-refractivity contribution in [2.45, 2.75) is 27.3 Å². The van der Waals surface area contributed by atoms with Gasteiger partial charge in [0.05, 0.1) is 17.9 Å². The van der Waals surface area contributed by atoms with Crippen molar-refractivity contribution < 1.29 is 4.79 Å². The molecule has 1 N–H and O–H groups in total. The number of rotatable bonds is 4. The summed E-state index contributed by atoms with van der Waals surface area (Å²) in [5, 5.41) is 7.77. The fourth-order valence-electron chi connectivity index (χ4n) is 2.20. The molecular formula is C16H16N4OS2. The molecule has 1 amide bonds. The number of aryl methyl sites for hydroxylation is 3. The summed E-state index contributed by atoms with van der Waals surface area (Å²) < 4.78 is 3.79. The molecule has 0 bridgehead atoms. The molecule has 23 heavy (non-hydrogen) atoms. The van der Waals surface area contributed by atoms with Gasteiger partial charge in [-0.05, 0) is 37.9 Å². The molecule has 0 aliphatic heterocycles. The Balaban J connectivity index is 1.76. The first-order valence-corrected chi connectivity index (χ1v) is 8.74. The van der Waals surface area contributed by atoms with Crippen LogP contribution in [-0.4, -0.2) is 20.5 Å². The van der Waals surface area contributed by atoms with Crippen LogP contribution in [0, 0.1) is 20.8 Å². The summed E-state index contributed by atoms with van der Waals surface area (Å²) in [4.78, 5) is 18.4. The van der Waals surface area contributed by atoms with Crippen LogP contribution in [0.2, 0.25) is 0 Å². The van der Waals surface area contributed by atoms with E-state index in [1.54, 1.807) is 18.3 Å². The Bertz CT molecular complexity index is 853. The summed E-state index contributed by atoms with van der Waals surface area (Å²) in [5.74, 6) is -0.136. The molecule has 0 aliphatic rings. The zero-order valence-corrected chi connectivity index (χ0v) is 14.7. The molecule has 0 radical (unpaired) electrons. The van der Waals surface area contributed by atoms with E-state index in [4.69, 9.17) is 0 Å². The van der Waals surface area contributed by atoms with Crippen molar-refractivity contribution >= 4 is 28.8 Å². The van der Waals surface area contributed by atoms with Crippen molar-refractivity contribution in [3.05, 3.63) is 51.0 Å². The first kappa shape index (κ1) is 15.8. The molecule has 2 aromatic heterocycles. The van der Waals surface area contributed by atoms with E-state index >= 15 is 0 Å². The van der Waals surface area contributed by atoms with E-state index in [1.165, 1.54) is 5.56 Å². The third-order valence-corrected chi connectivity index (χ3v) is 5.55. The van der Waals surface area contributed by atoms with Gasteiger partial charge in [0.15, 0.2) is 0 Å². The van der Waals surface area contributed by atoms with Crippen LogP contribution < -0.4 is 5.32 Å². The Morgan fingerprint density at radius 2 is 1.96 bits per heavy atom. The number of nitrogens with one attached hydrogen (secondary N) is 1. The van der Waals surface area contributed by atoms with E-state index in [-0.39, 0.29) is 5.91 Å². The lowest BCUT2D eigenvalue weighted by Crippen LogP contribution is -2.22. The molecule has 3 aromatic rings. The maximum Gasteiger partial charge on any atom is 0.265 e. The number of carbonyl (C=O) groups excluding carboxylic acids is 1. The fourth-order valence-corrected chi connectivity index (χ4v) is 3.87. The van der Waals surface area contributed by atoms with Crippen molar-refractivity contribution in [3.63, 3.8) is 0 Å². The SMILES string of the molecule is Cc1ccccc1-c1nc(C)c(CNC(=O)c2snnc2C)s1. The molecular weight excluding hydrogens is 328 g/mol. The van der Waals surface area contributed by atoms with Crippen LogP contribution in [-0.2, 0) is 6.54 Å². The normalized spacial score (nSPS) is 10.7. The van der Waals surface area contributed by atoms with Gasteiger partial charge in [-0.2, -0.15) is 0 Å². The Kier molecular flexibility index (Phi) is 4.49. The maximum atomic E-state index is 12.1. The van der Waals surface area contributed by atoms with E-state index in [9.17, 15) is 4.79 Å². The smallest absolute Gasteiger partial charge is 0.265 e. The maximum absolute atomic E-state index is 12.1. The van der Waals surface area contributed by atoms with E-state index in [2.05, 4.69) is 38.9 Å². The summed E-state index contributed by atoms with van der Waals surface area (Å²) in [6, 6.07) is 8.18. The second-order valence-electron chi connectivity index (χ2n) is 5.21. The van der Waals surface area contributed by atoms with Crippen molar-refractivity contribution in [1.29, 1.82) is 0 Å². The van der Waals surface area contributed by atoms with Gasteiger partial charge in [0, 0.05) is 10.4 Å². The second-order valence-corrected chi connectivity index (χ2v) is 7.05. The highest BCUT2D eigenvalue weighted by atomic mass is 32.1. The summed E-state index contributed by atoms with van der Waals surface area (Å²) >= 11 is 2.73. The number of carbonyl (C=O) groups is 1. The zero-order valence-electron chi connectivity index (χ0n) is 13.1. The predicted molar refractivity (Wildman–Crippen MR) is 92.8 cm³/mol. The van der Waals surface area contributed by atoms with Crippen LogP contribution in [0.25, 0.3) is 10.6 Å². The molecule has 0 saturated carbocycles. The monoisotopic (exact) mass is 344 g/mol. The molecule has 5 nitrogen and oxygen atoms in total. The van der Waals surface area contributed by atoms with Gasteiger partial charge in [-0.15, -0.1) is 16.4 Å². The molecule has 1 aromatic carbocycles. The van der Waals surface area contributed by atoms with E-state index in [0.717, 1.165) is 32.7 Å². The van der Waals surface area contributed by atoms with Gasteiger partial charge in [-0.1, -0.05) is 28.8 Å². The largest absolute Gasteiger partial charge is 0.346 e. The Labute approximate surface area is 142 Å². The summed E-state index contributed by atoms with van der Waals surface area (Å²) in [7, 11) is 0. The highest BCUT2D eigenvalue weighted by molar-refractivity contribution is 7.15. The van der Waals surface area contributed by atoms with E-state index in [1.807, 2.05) is 19.1 Å². The lowest BCUT2D eigenvalue weighted by molar-refractivity contribution is 0.0954. The summed E-state index contributed by atoms with van der Waals surface area (Å²) in [6.07, 6.45) is 0. The molecule has 3 rings (SSSR count). The minimum atomic E-state index is -0.136. The number of hydrogen-bond donors (Lipinski definition) is 1. The minimum absolute atomic E-state index is 0.136. The number of aromatic nitrogens is 3. The second kappa shape index (κ2) is 6.55. The molecule has 118 valence electrons. The lowest BCUT2D eigenvalue weighted by atomic mass is 10.1. The van der Waals surface area contributed by atoms with Crippen molar-refractivity contribution in [1.82, 2.24) is 19.9 Å².